The summed E-state index contributed by atoms with van der Waals surface area (Å²) in [5.41, 5.74) is 1.09. The fraction of sp³-hybridized carbons (Fsp3) is 0.529. The van der Waals surface area contributed by atoms with Crippen molar-refractivity contribution in [2.45, 2.75) is 32.2 Å². The lowest BCUT2D eigenvalue weighted by Gasteiger charge is -2.26. The SMILES string of the molecule is O=C(NCc1ccccc1)C1CC1C(=O)N1CCCCC1. The Morgan fingerprint density at radius 1 is 1.05 bits per heavy atom. The summed E-state index contributed by atoms with van der Waals surface area (Å²) < 4.78 is 0. The second kappa shape index (κ2) is 6.29. The Morgan fingerprint density at radius 3 is 2.48 bits per heavy atom. The smallest absolute Gasteiger partial charge is 0.226 e. The van der Waals surface area contributed by atoms with Crippen LogP contribution < -0.4 is 5.32 Å². The van der Waals surface area contributed by atoms with Gasteiger partial charge in [0.05, 0.1) is 11.8 Å². The predicted molar refractivity (Wildman–Crippen MR) is 80.3 cm³/mol. The van der Waals surface area contributed by atoms with Gasteiger partial charge >= 0.3 is 0 Å². The summed E-state index contributed by atoms with van der Waals surface area (Å²) in [6.45, 7) is 2.28. The molecule has 3 rings (SSSR count). The molecular formula is C17H22N2O2. The van der Waals surface area contributed by atoms with Gasteiger partial charge in [0.1, 0.15) is 0 Å². The number of hydrogen-bond donors (Lipinski definition) is 1. The Labute approximate surface area is 125 Å². The first-order valence-corrected chi connectivity index (χ1v) is 7.86. The van der Waals surface area contributed by atoms with Crippen molar-refractivity contribution in [3.05, 3.63) is 35.9 Å². The Balaban J connectivity index is 1.46. The number of carbonyl (C=O) groups excluding carboxylic acids is 2. The molecule has 112 valence electrons. The zero-order valence-electron chi connectivity index (χ0n) is 12.3. The maximum absolute atomic E-state index is 12.3. The standard InChI is InChI=1S/C17H22N2O2/c20-16(18-12-13-7-3-1-4-8-13)14-11-15(14)17(21)19-9-5-2-6-10-19/h1,3-4,7-8,14-15H,2,5-6,9-12H2,(H,18,20). The van der Waals surface area contributed by atoms with Crippen molar-refractivity contribution < 1.29 is 9.59 Å². The van der Waals surface area contributed by atoms with Crippen molar-refractivity contribution in [2.24, 2.45) is 11.8 Å². The molecule has 2 atom stereocenters. The van der Waals surface area contributed by atoms with E-state index in [0.717, 1.165) is 37.9 Å². The summed E-state index contributed by atoms with van der Waals surface area (Å²) in [4.78, 5) is 26.3. The van der Waals surface area contributed by atoms with Gasteiger partial charge in [0, 0.05) is 19.6 Å². The molecule has 21 heavy (non-hydrogen) atoms. The summed E-state index contributed by atoms with van der Waals surface area (Å²) in [6.07, 6.45) is 4.14. The van der Waals surface area contributed by atoms with Gasteiger partial charge in [-0.1, -0.05) is 30.3 Å². The van der Waals surface area contributed by atoms with Gasteiger partial charge in [-0.15, -0.1) is 0 Å². The van der Waals surface area contributed by atoms with Crippen molar-refractivity contribution in [2.75, 3.05) is 13.1 Å². The number of benzene rings is 1. The molecule has 0 aromatic heterocycles. The van der Waals surface area contributed by atoms with Crippen LogP contribution in [0.1, 0.15) is 31.2 Å². The molecule has 1 saturated heterocycles. The van der Waals surface area contributed by atoms with E-state index in [1.54, 1.807) is 0 Å². The second-order valence-corrected chi connectivity index (χ2v) is 6.04. The van der Waals surface area contributed by atoms with Crippen LogP contribution in [0.5, 0.6) is 0 Å². The van der Waals surface area contributed by atoms with E-state index in [-0.39, 0.29) is 23.7 Å². The van der Waals surface area contributed by atoms with Crippen LogP contribution in [-0.4, -0.2) is 29.8 Å². The molecule has 0 radical (unpaired) electrons. The molecule has 2 amide bonds. The summed E-state index contributed by atoms with van der Waals surface area (Å²) in [5.74, 6) is 0.0331. The third-order valence-electron chi connectivity index (χ3n) is 4.42. The maximum Gasteiger partial charge on any atom is 0.226 e. The summed E-state index contributed by atoms with van der Waals surface area (Å²) in [7, 11) is 0. The molecule has 0 spiro atoms. The van der Waals surface area contributed by atoms with Crippen LogP contribution in [-0.2, 0) is 16.1 Å². The molecule has 4 nitrogen and oxygen atoms in total. The molecule has 1 aliphatic carbocycles. The average molecular weight is 286 g/mol. The molecule has 1 aromatic carbocycles. The Hall–Kier alpha value is -1.84. The molecule has 4 heteroatoms. The van der Waals surface area contributed by atoms with Gasteiger partial charge < -0.3 is 10.2 Å². The van der Waals surface area contributed by atoms with E-state index in [1.807, 2.05) is 35.2 Å². The predicted octanol–water partition coefficient (Wildman–Crippen LogP) is 1.95. The molecule has 1 aliphatic heterocycles. The van der Waals surface area contributed by atoms with Crippen molar-refractivity contribution in [3.63, 3.8) is 0 Å². The van der Waals surface area contributed by atoms with E-state index in [1.165, 1.54) is 6.42 Å². The largest absolute Gasteiger partial charge is 0.352 e. The Bertz CT molecular complexity index is 509. The van der Waals surface area contributed by atoms with Gasteiger partial charge in [0.2, 0.25) is 11.8 Å². The van der Waals surface area contributed by atoms with Gasteiger partial charge in [0.25, 0.3) is 0 Å². The first kappa shape index (κ1) is 14.1. The minimum Gasteiger partial charge on any atom is -0.352 e. The zero-order valence-corrected chi connectivity index (χ0v) is 12.3. The van der Waals surface area contributed by atoms with E-state index in [4.69, 9.17) is 0 Å². The van der Waals surface area contributed by atoms with E-state index >= 15 is 0 Å². The second-order valence-electron chi connectivity index (χ2n) is 6.04. The normalized spacial score (nSPS) is 24.5. The number of hydrogen-bond acceptors (Lipinski definition) is 2. The van der Waals surface area contributed by atoms with Crippen LogP contribution in [0.15, 0.2) is 30.3 Å². The zero-order chi connectivity index (χ0) is 14.7. The monoisotopic (exact) mass is 286 g/mol. The van der Waals surface area contributed by atoms with Crippen molar-refractivity contribution in [1.29, 1.82) is 0 Å². The molecule has 2 unspecified atom stereocenters. The molecule has 1 aromatic rings. The van der Waals surface area contributed by atoms with E-state index in [2.05, 4.69) is 5.32 Å². The molecule has 1 N–H and O–H groups in total. The highest BCUT2D eigenvalue weighted by Crippen LogP contribution is 2.40. The van der Waals surface area contributed by atoms with Crippen LogP contribution in [0.4, 0.5) is 0 Å². The van der Waals surface area contributed by atoms with Crippen LogP contribution in [0, 0.1) is 11.8 Å². The number of amides is 2. The maximum atomic E-state index is 12.3. The first-order chi connectivity index (χ1) is 10.3. The molecule has 1 heterocycles. The third-order valence-corrected chi connectivity index (χ3v) is 4.42. The number of rotatable bonds is 4. The fourth-order valence-electron chi connectivity index (χ4n) is 3.02. The summed E-state index contributed by atoms with van der Waals surface area (Å²) in [5, 5.41) is 2.94. The van der Waals surface area contributed by atoms with Crippen LogP contribution >= 0.6 is 0 Å². The van der Waals surface area contributed by atoms with Gasteiger partial charge in [-0.2, -0.15) is 0 Å². The van der Waals surface area contributed by atoms with Crippen LogP contribution in [0.25, 0.3) is 0 Å². The van der Waals surface area contributed by atoms with Gasteiger partial charge in [0.15, 0.2) is 0 Å². The first-order valence-electron chi connectivity index (χ1n) is 7.86. The Morgan fingerprint density at radius 2 is 1.76 bits per heavy atom. The van der Waals surface area contributed by atoms with Gasteiger partial charge in [-0.3, -0.25) is 9.59 Å². The molecule has 1 saturated carbocycles. The minimum atomic E-state index is -0.108. The number of piperidine rings is 1. The number of carbonyl (C=O) groups is 2. The lowest BCUT2D eigenvalue weighted by atomic mass is 10.1. The number of likely N-dealkylation sites (tertiary alicyclic amines) is 1. The third kappa shape index (κ3) is 3.43. The topological polar surface area (TPSA) is 49.4 Å². The molecule has 0 bridgehead atoms. The lowest BCUT2D eigenvalue weighted by molar-refractivity contribution is -0.135. The van der Waals surface area contributed by atoms with E-state index in [9.17, 15) is 9.59 Å². The summed E-state index contributed by atoms with van der Waals surface area (Å²) >= 11 is 0. The quantitative estimate of drug-likeness (QED) is 0.919. The van der Waals surface area contributed by atoms with Crippen molar-refractivity contribution in [3.8, 4) is 0 Å². The highest BCUT2D eigenvalue weighted by molar-refractivity contribution is 5.92. The highest BCUT2D eigenvalue weighted by Gasteiger charge is 2.49. The highest BCUT2D eigenvalue weighted by atomic mass is 16.2. The van der Waals surface area contributed by atoms with Crippen LogP contribution in [0.3, 0.4) is 0 Å². The van der Waals surface area contributed by atoms with Crippen molar-refractivity contribution >= 4 is 11.8 Å². The average Bonchev–Trinajstić information content (AvgIpc) is 3.34. The van der Waals surface area contributed by atoms with E-state index < -0.39 is 0 Å². The lowest BCUT2D eigenvalue weighted by Crippen LogP contribution is -2.37. The summed E-state index contributed by atoms with van der Waals surface area (Å²) in [6, 6.07) is 9.86. The minimum absolute atomic E-state index is 0.0224. The molecule has 2 aliphatic rings. The fourth-order valence-corrected chi connectivity index (χ4v) is 3.02. The number of nitrogens with zero attached hydrogens (tertiary/aromatic N) is 1. The van der Waals surface area contributed by atoms with Crippen molar-refractivity contribution in [1.82, 2.24) is 10.2 Å². The molecular weight excluding hydrogens is 264 g/mol. The Kier molecular flexibility index (Phi) is 4.23. The van der Waals surface area contributed by atoms with Gasteiger partial charge in [-0.25, -0.2) is 0 Å². The molecule has 2 fully saturated rings. The van der Waals surface area contributed by atoms with Gasteiger partial charge in [-0.05, 0) is 31.2 Å². The van der Waals surface area contributed by atoms with E-state index in [0.29, 0.717) is 6.54 Å². The number of nitrogens with one attached hydrogen (secondary N) is 1. The van der Waals surface area contributed by atoms with Crippen LogP contribution in [0.2, 0.25) is 0 Å².